The van der Waals surface area contributed by atoms with E-state index in [4.69, 9.17) is 0 Å². The van der Waals surface area contributed by atoms with E-state index >= 15 is 0 Å². The zero-order chi connectivity index (χ0) is 38.8. The van der Waals surface area contributed by atoms with Crippen molar-refractivity contribution < 1.29 is 0 Å². The van der Waals surface area contributed by atoms with Crippen LogP contribution in [-0.4, -0.2) is 11.3 Å². The van der Waals surface area contributed by atoms with Gasteiger partial charge in [0, 0.05) is 59.2 Å². The molecule has 0 aliphatic carbocycles. The minimum atomic E-state index is 0.0696. The maximum atomic E-state index is 2.60. The van der Waals surface area contributed by atoms with Gasteiger partial charge < -0.3 is 9.47 Å². The number of fused-ring (bicyclic) bond motifs is 11. The molecule has 2 aromatic heterocycles. The second-order valence-corrected chi connectivity index (χ2v) is 17.2. The summed E-state index contributed by atoms with van der Waals surface area (Å²) >= 11 is 1.90. The van der Waals surface area contributed by atoms with E-state index < -0.39 is 0 Å². The van der Waals surface area contributed by atoms with Crippen LogP contribution in [0, 0.1) is 6.92 Å². The number of aromatic nitrogens is 1. The summed E-state index contributed by atoms with van der Waals surface area (Å²) < 4.78 is 5.26. The standard InChI is InChI=1S/C55H35BN2S/c1-34-30-48-54-49(31-34)58-46-27-29-51-53(43-32-39(23-28-50(43)59-51)36-14-7-3-8-15-36)52(46)42-18-11-19-45(55(42)58)56(54)44-26-22-40(37-16-9-4-10-17-37)33-47(44)57(48)41-24-20-38(21-25-41)35-12-5-2-6-13-35/h2-33H,1H3. The van der Waals surface area contributed by atoms with Crippen molar-refractivity contribution in [2.24, 2.45) is 0 Å². The van der Waals surface area contributed by atoms with Crippen LogP contribution in [0.15, 0.2) is 194 Å². The Balaban J connectivity index is 1.11. The number of thiophene rings is 1. The van der Waals surface area contributed by atoms with Crippen LogP contribution in [-0.2, 0) is 0 Å². The van der Waals surface area contributed by atoms with Crippen molar-refractivity contribution in [2.45, 2.75) is 6.92 Å². The van der Waals surface area contributed by atoms with Crippen LogP contribution < -0.4 is 21.3 Å². The molecule has 2 nitrogen and oxygen atoms in total. The quantitative estimate of drug-likeness (QED) is 0.162. The van der Waals surface area contributed by atoms with Gasteiger partial charge in [-0.25, -0.2) is 0 Å². The first kappa shape index (κ1) is 32.9. The van der Waals surface area contributed by atoms with Gasteiger partial charge in [0.15, 0.2) is 0 Å². The van der Waals surface area contributed by atoms with Gasteiger partial charge in [0.2, 0.25) is 0 Å². The van der Waals surface area contributed by atoms with Gasteiger partial charge in [-0.05, 0) is 117 Å². The summed E-state index contributed by atoms with van der Waals surface area (Å²) in [5, 5.41) is 5.35. The Bertz CT molecular complexity index is 3490. The topological polar surface area (TPSA) is 8.17 Å². The van der Waals surface area contributed by atoms with E-state index in [1.807, 2.05) is 11.3 Å². The Morgan fingerprint density at radius 1 is 0.424 bits per heavy atom. The lowest BCUT2D eigenvalue weighted by Gasteiger charge is -2.40. The first-order valence-corrected chi connectivity index (χ1v) is 21.3. The molecular weight excluding hydrogens is 731 g/mol. The molecule has 2 aliphatic rings. The predicted octanol–water partition coefficient (Wildman–Crippen LogP) is 13.1. The van der Waals surface area contributed by atoms with Gasteiger partial charge in [-0.1, -0.05) is 140 Å². The van der Waals surface area contributed by atoms with E-state index in [9.17, 15) is 0 Å². The number of rotatable bonds is 4. The van der Waals surface area contributed by atoms with Gasteiger partial charge in [0.05, 0.1) is 5.52 Å². The van der Waals surface area contributed by atoms with E-state index in [1.54, 1.807) is 0 Å². The number of hydrogen-bond donors (Lipinski definition) is 0. The Hall–Kier alpha value is -7.14. The van der Waals surface area contributed by atoms with Crippen LogP contribution in [0.5, 0.6) is 0 Å². The molecule has 4 heteroatoms. The van der Waals surface area contributed by atoms with Crippen molar-refractivity contribution in [3.63, 3.8) is 0 Å². The maximum Gasteiger partial charge on any atom is 0.252 e. The minimum Gasteiger partial charge on any atom is -0.311 e. The van der Waals surface area contributed by atoms with Crippen molar-refractivity contribution in [2.75, 3.05) is 4.90 Å². The van der Waals surface area contributed by atoms with Gasteiger partial charge in [0.1, 0.15) is 0 Å². The predicted molar refractivity (Wildman–Crippen MR) is 254 cm³/mol. The highest BCUT2D eigenvalue weighted by Gasteiger charge is 2.42. The second-order valence-electron chi connectivity index (χ2n) is 16.1. The van der Waals surface area contributed by atoms with Gasteiger partial charge in [-0.2, -0.15) is 0 Å². The molecule has 13 rings (SSSR count). The third-order valence-electron chi connectivity index (χ3n) is 12.8. The Morgan fingerprint density at radius 2 is 1.03 bits per heavy atom. The summed E-state index contributed by atoms with van der Waals surface area (Å²) in [4.78, 5) is 2.53. The molecule has 2 aliphatic heterocycles. The van der Waals surface area contributed by atoms with E-state index in [0.29, 0.717) is 0 Å². The number of aryl methyl sites for hydroxylation is 1. The van der Waals surface area contributed by atoms with Crippen molar-refractivity contribution in [3.8, 4) is 39.1 Å². The molecule has 0 amide bonds. The molecule has 0 atom stereocenters. The Labute approximate surface area is 346 Å². The third-order valence-corrected chi connectivity index (χ3v) is 13.9. The zero-order valence-corrected chi connectivity index (χ0v) is 33.2. The molecule has 274 valence electrons. The molecule has 0 fully saturated rings. The molecule has 0 bridgehead atoms. The summed E-state index contributed by atoms with van der Waals surface area (Å²) in [6.07, 6.45) is 0. The van der Waals surface area contributed by atoms with E-state index in [2.05, 4.69) is 211 Å². The molecule has 11 aromatic rings. The van der Waals surface area contributed by atoms with Crippen molar-refractivity contribution in [1.82, 2.24) is 4.57 Å². The van der Waals surface area contributed by atoms with Gasteiger partial charge in [-0.15, -0.1) is 11.3 Å². The van der Waals surface area contributed by atoms with Crippen molar-refractivity contribution in [1.29, 1.82) is 0 Å². The van der Waals surface area contributed by atoms with E-state index in [1.165, 1.54) is 114 Å². The fourth-order valence-corrected chi connectivity index (χ4v) is 11.4. The maximum absolute atomic E-state index is 2.60. The smallest absolute Gasteiger partial charge is 0.252 e. The summed E-state index contributed by atoms with van der Waals surface area (Å²) in [5.74, 6) is 0. The van der Waals surface area contributed by atoms with Crippen LogP contribution >= 0.6 is 11.3 Å². The fraction of sp³-hybridized carbons (Fsp3) is 0.0182. The van der Waals surface area contributed by atoms with Crippen LogP contribution in [0.3, 0.4) is 0 Å². The largest absolute Gasteiger partial charge is 0.311 e. The van der Waals surface area contributed by atoms with Crippen LogP contribution in [0.2, 0.25) is 0 Å². The van der Waals surface area contributed by atoms with E-state index in [0.717, 1.165) is 5.69 Å². The fourth-order valence-electron chi connectivity index (χ4n) is 10.3. The van der Waals surface area contributed by atoms with Crippen LogP contribution in [0.4, 0.5) is 17.1 Å². The molecule has 0 spiro atoms. The van der Waals surface area contributed by atoms with Gasteiger partial charge in [0.25, 0.3) is 6.71 Å². The highest BCUT2D eigenvalue weighted by molar-refractivity contribution is 7.26. The van der Waals surface area contributed by atoms with Crippen molar-refractivity contribution in [3.05, 3.63) is 200 Å². The zero-order valence-electron chi connectivity index (χ0n) is 32.4. The monoisotopic (exact) mass is 766 g/mol. The number of para-hydroxylation sites is 1. The average molecular weight is 767 g/mol. The van der Waals surface area contributed by atoms with E-state index in [-0.39, 0.29) is 6.71 Å². The molecule has 9 aromatic carbocycles. The van der Waals surface area contributed by atoms with Gasteiger partial charge in [-0.3, -0.25) is 0 Å². The normalized spacial score (nSPS) is 12.8. The average Bonchev–Trinajstić information content (AvgIpc) is 3.84. The lowest BCUT2D eigenvalue weighted by molar-refractivity contribution is 1.17. The molecule has 4 heterocycles. The van der Waals surface area contributed by atoms with Crippen molar-refractivity contribution >= 4 is 93.5 Å². The van der Waals surface area contributed by atoms with Crippen LogP contribution in [0.25, 0.3) is 81.0 Å². The minimum absolute atomic E-state index is 0.0696. The third kappa shape index (κ3) is 4.75. The SMILES string of the molecule is Cc1cc2c3c(c1)-n1c4ccc5sc6ccc(-c7ccccc7)cc6c5c4c4cccc(c41)B3c1ccc(-c3ccccc3)cc1N2c1ccc(-c2ccccc2)cc1. The molecule has 0 saturated carbocycles. The molecule has 59 heavy (non-hydrogen) atoms. The molecule has 0 saturated heterocycles. The summed E-state index contributed by atoms with van der Waals surface area (Å²) in [7, 11) is 0. The Morgan fingerprint density at radius 3 is 1.76 bits per heavy atom. The first-order valence-electron chi connectivity index (χ1n) is 20.5. The molecular formula is C55H35BN2S. The van der Waals surface area contributed by atoms with Crippen LogP contribution in [0.1, 0.15) is 5.56 Å². The highest BCUT2D eigenvalue weighted by Crippen LogP contribution is 2.47. The first-order chi connectivity index (χ1) is 29.2. The number of benzene rings is 9. The number of anilines is 3. The molecule has 0 unspecified atom stereocenters. The summed E-state index contributed by atoms with van der Waals surface area (Å²) in [6.45, 7) is 2.33. The Kier molecular flexibility index (Phi) is 6.93. The highest BCUT2D eigenvalue weighted by atomic mass is 32.1. The number of hydrogen-bond acceptors (Lipinski definition) is 2. The second kappa shape index (κ2) is 12.4. The number of nitrogens with zero attached hydrogens (tertiary/aromatic N) is 2. The molecule has 0 N–H and O–H groups in total. The summed E-state index contributed by atoms with van der Waals surface area (Å²) in [6, 6.07) is 72.3. The molecule has 0 radical (unpaired) electrons. The van der Waals surface area contributed by atoms with Gasteiger partial charge >= 0.3 is 0 Å². The summed E-state index contributed by atoms with van der Waals surface area (Å²) in [5.41, 5.74) is 20.2. The lowest BCUT2D eigenvalue weighted by atomic mass is 9.33. The lowest BCUT2D eigenvalue weighted by Crippen LogP contribution is -2.60.